The summed E-state index contributed by atoms with van der Waals surface area (Å²) in [7, 11) is 0. The zero-order valence-electron chi connectivity index (χ0n) is 34.0. The van der Waals surface area contributed by atoms with Gasteiger partial charge in [0.1, 0.15) is 30.1 Å². The SMILES string of the molecule is Cc1ncsc1-c1ccc([C@H](C)NC(=O)[C@@H]2C[C@@H](O)CN2C(=O)[C@@H](c2cc(OCCN3C[C@@H]4[C@H](C3)[C@H]4c3cc4cc(-c5cc(F)cc(Cl)c5O)nnc4[nH]3)no2)C(C)C)cc1. The zero-order valence-corrected chi connectivity index (χ0v) is 35.6. The zero-order chi connectivity index (χ0) is 42.7. The highest BCUT2D eigenvalue weighted by atomic mass is 35.5. The van der Waals surface area contributed by atoms with Crippen LogP contribution < -0.4 is 10.1 Å². The third-order valence-corrected chi connectivity index (χ3v) is 13.6. The second-order valence-electron chi connectivity index (χ2n) is 16.8. The molecule has 9 rings (SSSR count). The predicted molar refractivity (Wildman–Crippen MR) is 227 cm³/mol. The van der Waals surface area contributed by atoms with Crippen LogP contribution in [0.25, 0.3) is 32.7 Å². The number of fused-ring (bicyclic) bond motifs is 2. The number of aliphatic hydroxyl groups is 1. The summed E-state index contributed by atoms with van der Waals surface area (Å²) in [6.07, 6.45) is -0.694. The highest BCUT2D eigenvalue weighted by Crippen LogP contribution is 2.58. The second kappa shape index (κ2) is 16.5. The fourth-order valence-corrected chi connectivity index (χ4v) is 10.2. The number of carbonyl (C=O) groups excluding carboxylic acids is 2. The highest BCUT2D eigenvalue weighted by Gasteiger charge is 2.56. The summed E-state index contributed by atoms with van der Waals surface area (Å²) in [5.41, 5.74) is 6.99. The van der Waals surface area contributed by atoms with Crippen LogP contribution in [0.1, 0.15) is 67.8 Å². The van der Waals surface area contributed by atoms with Crippen molar-refractivity contribution >= 4 is 45.8 Å². The number of aromatic nitrogens is 5. The highest BCUT2D eigenvalue weighted by molar-refractivity contribution is 7.13. The van der Waals surface area contributed by atoms with Gasteiger partial charge in [-0.05, 0) is 72.2 Å². The number of likely N-dealkylation sites (tertiary alicyclic amines) is 2. The van der Waals surface area contributed by atoms with E-state index in [-0.39, 0.29) is 59.0 Å². The summed E-state index contributed by atoms with van der Waals surface area (Å²) in [4.78, 5) is 40.5. The number of aromatic hydroxyl groups is 1. The topological polar surface area (TPSA) is 183 Å². The molecule has 2 aromatic carbocycles. The molecule has 17 heteroatoms. The molecule has 0 spiro atoms. The number of phenolic OH excluding ortho intramolecular Hbond substituents is 1. The van der Waals surface area contributed by atoms with E-state index >= 15 is 0 Å². The van der Waals surface area contributed by atoms with Crippen molar-refractivity contribution in [2.45, 2.75) is 64.1 Å². The fraction of sp³-hybridized carbons (Fsp3) is 0.409. The van der Waals surface area contributed by atoms with Gasteiger partial charge in [0.05, 0.1) is 38.9 Å². The molecule has 6 heterocycles. The smallest absolute Gasteiger partial charge is 0.254 e. The van der Waals surface area contributed by atoms with Gasteiger partial charge >= 0.3 is 0 Å². The van der Waals surface area contributed by atoms with Crippen LogP contribution in [0.5, 0.6) is 11.6 Å². The van der Waals surface area contributed by atoms with E-state index in [2.05, 4.69) is 35.5 Å². The summed E-state index contributed by atoms with van der Waals surface area (Å²) in [5, 5.41) is 37.5. The van der Waals surface area contributed by atoms with Crippen molar-refractivity contribution in [3.63, 3.8) is 0 Å². The van der Waals surface area contributed by atoms with E-state index in [0.29, 0.717) is 48.0 Å². The number of phenols is 1. The Labute approximate surface area is 360 Å². The van der Waals surface area contributed by atoms with Crippen molar-refractivity contribution in [3.8, 4) is 33.3 Å². The minimum Gasteiger partial charge on any atom is -0.506 e. The molecule has 2 saturated heterocycles. The van der Waals surface area contributed by atoms with E-state index in [1.54, 1.807) is 23.5 Å². The molecular weight excluding hydrogens is 823 g/mol. The molecule has 0 bridgehead atoms. The molecule has 2 aliphatic heterocycles. The molecule has 2 amide bonds. The van der Waals surface area contributed by atoms with Crippen LogP contribution >= 0.6 is 22.9 Å². The lowest BCUT2D eigenvalue weighted by molar-refractivity contribution is -0.141. The minimum atomic E-state index is -0.838. The summed E-state index contributed by atoms with van der Waals surface area (Å²) >= 11 is 7.57. The van der Waals surface area contributed by atoms with Crippen molar-refractivity contribution in [1.29, 1.82) is 0 Å². The van der Waals surface area contributed by atoms with Gasteiger partial charge in [0.25, 0.3) is 5.88 Å². The first-order chi connectivity index (χ1) is 29.3. The molecule has 1 saturated carbocycles. The third kappa shape index (κ3) is 8.09. The Balaban J connectivity index is 0.773. The minimum absolute atomic E-state index is 0.0422. The van der Waals surface area contributed by atoms with Gasteiger partial charge in [0.15, 0.2) is 11.4 Å². The van der Waals surface area contributed by atoms with E-state index in [1.165, 1.54) is 11.0 Å². The predicted octanol–water partition coefficient (Wildman–Crippen LogP) is 6.85. The fourth-order valence-electron chi connectivity index (χ4n) is 9.16. The Morgan fingerprint density at radius 1 is 1.08 bits per heavy atom. The maximum absolute atomic E-state index is 14.2. The molecule has 4 N–H and O–H groups in total. The van der Waals surface area contributed by atoms with Gasteiger partial charge < -0.3 is 34.7 Å². The van der Waals surface area contributed by atoms with E-state index in [1.807, 2.05) is 63.5 Å². The van der Waals surface area contributed by atoms with Gasteiger partial charge in [-0.25, -0.2) is 9.37 Å². The number of thiazole rings is 1. The number of aryl methyl sites for hydroxylation is 1. The number of piperidine rings is 1. The number of ether oxygens (including phenoxy) is 1. The third-order valence-electron chi connectivity index (χ3n) is 12.4. The van der Waals surface area contributed by atoms with Gasteiger partial charge in [-0.1, -0.05) is 49.7 Å². The lowest BCUT2D eigenvalue weighted by Crippen LogP contribution is -2.48. The maximum Gasteiger partial charge on any atom is 0.254 e. The number of hydrogen-bond acceptors (Lipinski definition) is 12. The average molecular weight is 869 g/mol. The monoisotopic (exact) mass is 868 g/mol. The first-order valence-corrected chi connectivity index (χ1v) is 21.7. The average Bonchev–Trinajstić information content (AvgIpc) is 3.92. The Kier molecular flexibility index (Phi) is 11.0. The number of nitrogens with one attached hydrogen (secondary N) is 2. The number of benzene rings is 2. The number of aromatic amines is 1. The molecule has 0 unspecified atom stereocenters. The standard InChI is InChI=1S/C44H46ClFN8O6S/c1-21(2)38(44(58)54-17-28(55)15-35(54)43(57)48-22(3)24-5-7-25(8-6-24)41-23(4)47-20-61-41)36-16-37(52-60-36)59-10-9-53-18-30-31(19-53)39(30)34-12-26-11-33(50-51-42(26)49-34)29-13-27(46)14-32(45)40(29)56/h5-8,11-14,16,20-22,28,30-31,35,38-39,55-56H,9-10,15,17-19H2,1-4H3,(H,48,57)(H,49,51)/t22-,28+,30-,31+,35-,38+,39+/m0/s1. The lowest BCUT2D eigenvalue weighted by Gasteiger charge is -2.29. The molecular formula is C44H46ClFN8O6S. The van der Waals surface area contributed by atoms with Crippen molar-refractivity contribution in [2.24, 2.45) is 17.8 Å². The van der Waals surface area contributed by atoms with E-state index in [0.717, 1.165) is 51.9 Å². The van der Waals surface area contributed by atoms with E-state index in [9.17, 15) is 24.2 Å². The van der Waals surface area contributed by atoms with Crippen LogP contribution in [-0.2, 0) is 9.59 Å². The van der Waals surface area contributed by atoms with Gasteiger partial charge in [0.2, 0.25) is 11.8 Å². The first-order valence-electron chi connectivity index (χ1n) is 20.5. The molecule has 7 atom stereocenters. The van der Waals surface area contributed by atoms with Crippen molar-refractivity contribution in [3.05, 3.63) is 93.7 Å². The first kappa shape index (κ1) is 41.0. The number of β-amino-alcohol motifs (C(OH)–C–C–N with tert-alkyl or cyclic N) is 1. The van der Waals surface area contributed by atoms with Crippen LogP contribution in [-0.4, -0.2) is 102 Å². The lowest BCUT2D eigenvalue weighted by atomic mass is 9.91. The van der Waals surface area contributed by atoms with Crippen LogP contribution in [0, 0.1) is 30.5 Å². The molecule has 61 heavy (non-hydrogen) atoms. The van der Waals surface area contributed by atoms with Crippen LogP contribution in [0.4, 0.5) is 4.39 Å². The molecule has 4 aromatic heterocycles. The number of rotatable bonds is 13. The number of nitrogens with zero attached hydrogens (tertiary/aromatic N) is 6. The number of hydrogen-bond donors (Lipinski definition) is 4. The normalized spacial score (nSPS) is 22.2. The van der Waals surface area contributed by atoms with Gasteiger partial charge in [-0.15, -0.1) is 21.5 Å². The van der Waals surface area contributed by atoms with Crippen LogP contribution in [0.15, 0.2) is 64.6 Å². The molecule has 3 fully saturated rings. The Bertz CT molecular complexity index is 2590. The molecule has 1 aliphatic carbocycles. The number of carbonyl (C=O) groups is 2. The summed E-state index contributed by atoms with van der Waals surface area (Å²) in [6.45, 7) is 10.6. The number of halogens is 2. The summed E-state index contributed by atoms with van der Waals surface area (Å²) < 4.78 is 25.7. The molecule has 6 aromatic rings. The van der Waals surface area contributed by atoms with Gasteiger partial charge in [0, 0.05) is 61.2 Å². The van der Waals surface area contributed by atoms with Gasteiger partial charge in [-0.3, -0.25) is 14.5 Å². The van der Waals surface area contributed by atoms with Crippen molar-refractivity contribution in [1.82, 2.24) is 40.4 Å². The molecule has 3 aliphatic rings. The quantitative estimate of drug-likeness (QED) is 0.0953. The maximum atomic E-state index is 14.2. The second-order valence-corrected chi connectivity index (χ2v) is 18.1. The summed E-state index contributed by atoms with van der Waals surface area (Å²) in [6, 6.07) is 14.5. The number of amides is 2. The molecule has 14 nitrogen and oxygen atoms in total. The largest absolute Gasteiger partial charge is 0.506 e. The van der Waals surface area contributed by atoms with Gasteiger partial charge in [-0.2, -0.15) is 0 Å². The number of H-pyrrole nitrogens is 1. The number of aliphatic hydroxyl groups excluding tert-OH is 1. The molecule has 0 radical (unpaired) electrons. The van der Waals surface area contributed by atoms with Crippen molar-refractivity contribution < 1.29 is 33.5 Å². The van der Waals surface area contributed by atoms with E-state index < -0.39 is 23.9 Å². The Hall–Kier alpha value is -5.42. The Morgan fingerprint density at radius 3 is 2.57 bits per heavy atom. The van der Waals surface area contributed by atoms with Crippen LogP contribution in [0.2, 0.25) is 5.02 Å². The molecule has 318 valence electrons. The van der Waals surface area contributed by atoms with Crippen LogP contribution in [0.3, 0.4) is 0 Å². The van der Waals surface area contributed by atoms with Crippen molar-refractivity contribution in [2.75, 3.05) is 32.8 Å². The summed E-state index contributed by atoms with van der Waals surface area (Å²) in [5.74, 6) is -0.428. The van der Waals surface area contributed by atoms with E-state index in [4.69, 9.17) is 20.9 Å². The Morgan fingerprint density at radius 2 is 1.85 bits per heavy atom.